The molecular formula is C22H30N4O2S. The van der Waals surface area contributed by atoms with Gasteiger partial charge in [-0.15, -0.1) is 0 Å². The van der Waals surface area contributed by atoms with Crippen molar-refractivity contribution in [3.05, 3.63) is 59.8 Å². The SMILES string of the molecule is C=CN(N)c1cc(C(=O)Nc2cc(C(C)(C)C)cc(NSC)c2OC)ccc1C. The second-order valence-corrected chi connectivity index (χ2v) is 8.32. The molecule has 2 rings (SSSR count). The van der Waals surface area contributed by atoms with Gasteiger partial charge in [-0.1, -0.05) is 45.4 Å². The summed E-state index contributed by atoms with van der Waals surface area (Å²) in [7, 11) is 1.59. The number of hydrogen-bond donors (Lipinski definition) is 3. The molecule has 2 aromatic rings. The summed E-state index contributed by atoms with van der Waals surface area (Å²) in [6.45, 7) is 12.0. The molecule has 0 atom stereocenters. The van der Waals surface area contributed by atoms with Crippen LogP contribution < -0.4 is 25.6 Å². The molecule has 7 heteroatoms. The number of carbonyl (C=O) groups excluding carboxylic acids is 1. The van der Waals surface area contributed by atoms with E-state index >= 15 is 0 Å². The van der Waals surface area contributed by atoms with E-state index in [1.807, 2.05) is 31.4 Å². The largest absolute Gasteiger partial charge is 0.492 e. The monoisotopic (exact) mass is 414 g/mol. The molecule has 0 spiro atoms. The van der Waals surface area contributed by atoms with Gasteiger partial charge in [-0.05, 0) is 47.7 Å². The number of benzene rings is 2. The molecule has 0 saturated heterocycles. The molecule has 6 nitrogen and oxygen atoms in total. The van der Waals surface area contributed by atoms with Crippen molar-refractivity contribution >= 4 is 34.9 Å². The minimum atomic E-state index is -0.247. The highest BCUT2D eigenvalue weighted by Gasteiger charge is 2.21. The van der Waals surface area contributed by atoms with Crippen LogP contribution in [0.25, 0.3) is 0 Å². The Balaban J connectivity index is 2.48. The van der Waals surface area contributed by atoms with Crippen molar-refractivity contribution in [1.82, 2.24) is 0 Å². The molecule has 0 heterocycles. The molecule has 2 aromatic carbocycles. The van der Waals surface area contributed by atoms with Crippen molar-refractivity contribution in [1.29, 1.82) is 0 Å². The number of rotatable bonds is 7. The standard InChI is InChI=1S/C22H30N4O2S/c1-8-26(23)19-11-15(10-9-14(19)2)21(27)24-17-12-16(22(3,4)5)13-18(25-29-7)20(17)28-6/h8-13,25H,1,23H2,2-7H3,(H,24,27). The van der Waals surface area contributed by atoms with Gasteiger partial charge in [0.05, 0.1) is 24.2 Å². The lowest BCUT2D eigenvalue weighted by molar-refractivity contribution is 0.102. The van der Waals surface area contributed by atoms with Gasteiger partial charge in [0, 0.05) is 18.0 Å². The third-order valence-corrected chi connectivity index (χ3v) is 4.99. The van der Waals surface area contributed by atoms with E-state index in [9.17, 15) is 4.79 Å². The number of carbonyl (C=O) groups is 1. The lowest BCUT2D eigenvalue weighted by Gasteiger charge is -2.24. The van der Waals surface area contributed by atoms with Gasteiger partial charge in [0.1, 0.15) is 0 Å². The molecule has 4 N–H and O–H groups in total. The van der Waals surface area contributed by atoms with Crippen LogP contribution in [0.4, 0.5) is 17.1 Å². The zero-order chi connectivity index (χ0) is 21.8. The molecule has 0 aliphatic rings. The maximum absolute atomic E-state index is 13.0. The maximum atomic E-state index is 13.0. The van der Waals surface area contributed by atoms with E-state index in [4.69, 9.17) is 10.6 Å². The van der Waals surface area contributed by atoms with Crippen LogP contribution in [0.1, 0.15) is 42.3 Å². The summed E-state index contributed by atoms with van der Waals surface area (Å²) in [4.78, 5) is 13.0. The highest BCUT2D eigenvalue weighted by atomic mass is 32.2. The number of anilines is 3. The summed E-state index contributed by atoms with van der Waals surface area (Å²) in [5, 5.41) is 4.39. The Morgan fingerprint density at radius 1 is 1.24 bits per heavy atom. The van der Waals surface area contributed by atoms with Crippen LogP contribution in [-0.4, -0.2) is 19.3 Å². The quantitative estimate of drug-likeness (QED) is 0.334. The smallest absolute Gasteiger partial charge is 0.255 e. The van der Waals surface area contributed by atoms with E-state index < -0.39 is 0 Å². The van der Waals surface area contributed by atoms with Crippen LogP contribution in [0, 0.1) is 6.92 Å². The second-order valence-electron chi connectivity index (χ2n) is 7.71. The summed E-state index contributed by atoms with van der Waals surface area (Å²) in [5.74, 6) is 6.27. The topological polar surface area (TPSA) is 79.6 Å². The van der Waals surface area contributed by atoms with Crippen molar-refractivity contribution < 1.29 is 9.53 Å². The summed E-state index contributed by atoms with van der Waals surface area (Å²) >= 11 is 1.47. The van der Waals surface area contributed by atoms with Crippen LogP contribution in [0.5, 0.6) is 5.75 Å². The first kappa shape index (κ1) is 22.6. The lowest BCUT2D eigenvalue weighted by atomic mass is 9.86. The van der Waals surface area contributed by atoms with Gasteiger partial charge in [0.2, 0.25) is 0 Å². The third-order valence-electron chi connectivity index (χ3n) is 4.57. The third kappa shape index (κ3) is 5.25. The molecule has 0 radical (unpaired) electrons. The number of methoxy groups -OCH3 is 1. The highest BCUT2D eigenvalue weighted by Crippen LogP contribution is 2.39. The number of aryl methyl sites for hydroxylation is 1. The van der Waals surface area contributed by atoms with Gasteiger partial charge in [-0.3, -0.25) is 9.80 Å². The van der Waals surface area contributed by atoms with E-state index in [1.165, 1.54) is 23.2 Å². The van der Waals surface area contributed by atoms with Gasteiger partial charge >= 0.3 is 0 Å². The first-order valence-electron chi connectivity index (χ1n) is 9.22. The van der Waals surface area contributed by atoms with E-state index in [0.717, 1.165) is 16.8 Å². The number of nitrogens with zero attached hydrogens (tertiary/aromatic N) is 1. The molecule has 0 fully saturated rings. The molecule has 0 bridgehead atoms. The average Bonchev–Trinajstić information content (AvgIpc) is 2.67. The highest BCUT2D eigenvalue weighted by molar-refractivity contribution is 7.99. The van der Waals surface area contributed by atoms with E-state index in [-0.39, 0.29) is 11.3 Å². The number of amides is 1. The second kappa shape index (κ2) is 9.24. The first-order valence-corrected chi connectivity index (χ1v) is 10.4. The summed E-state index contributed by atoms with van der Waals surface area (Å²) in [5.41, 5.74) is 4.56. The Labute approximate surface area is 177 Å². The van der Waals surface area contributed by atoms with E-state index in [0.29, 0.717) is 22.7 Å². The van der Waals surface area contributed by atoms with Crippen molar-refractivity contribution in [2.24, 2.45) is 5.84 Å². The predicted octanol–water partition coefficient (Wildman–Crippen LogP) is 5.07. The number of hydrazine groups is 1. The number of nitrogens with one attached hydrogen (secondary N) is 2. The average molecular weight is 415 g/mol. The molecule has 0 aliphatic carbocycles. The number of nitrogens with two attached hydrogens (primary N) is 1. The summed E-state index contributed by atoms with van der Waals surface area (Å²) in [6.07, 6.45) is 3.44. The normalized spacial score (nSPS) is 11.0. The zero-order valence-electron chi connectivity index (χ0n) is 17.9. The van der Waals surface area contributed by atoms with E-state index in [1.54, 1.807) is 19.2 Å². The van der Waals surface area contributed by atoms with Gasteiger partial charge in [-0.2, -0.15) is 0 Å². The molecule has 0 aromatic heterocycles. The van der Waals surface area contributed by atoms with Crippen LogP contribution >= 0.6 is 11.9 Å². The lowest BCUT2D eigenvalue weighted by Crippen LogP contribution is -2.25. The Kier molecular flexibility index (Phi) is 7.21. The molecule has 1 amide bonds. The van der Waals surface area contributed by atoms with Gasteiger partial charge in [0.25, 0.3) is 5.91 Å². The Morgan fingerprint density at radius 2 is 1.90 bits per heavy atom. The molecule has 29 heavy (non-hydrogen) atoms. The number of ether oxygens (including phenoxy) is 1. The molecule has 156 valence electrons. The van der Waals surface area contributed by atoms with E-state index in [2.05, 4.69) is 37.4 Å². The van der Waals surface area contributed by atoms with Gasteiger partial charge in [0.15, 0.2) is 5.75 Å². The minimum absolute atomic E-state index is 0.0956. The first-order chi connectivity index (χ1) is 13.6. The van der Waals surface area contributed by atoms with Gasteiger partial charge in [-0.25, -0.2) is 5.84 Å². The molecule has 0 aliphatic heterocycles. The van der Waals surface area contributed by atoms with Crippen LogP contribution in [0.15, 0.2) is 43.1 Å². The Morgan fingerprint density at radius 3 is 2.45 bits per heavy atom. The van der Waals surface area contributed by atoms with Crippen molar-refractivity contribution in [2.45, 2.75) is 33.1 Å². The number of hydrogen-bond acceptors (Lipinski definition) is 6. The predicted molar refractivity (Wildman–Crippen MR) is 125 cm³/mol. The fourth-order valence-corrected chi connectivity index (χ4v) is 3.25. The summed E-state index contributed by atoms with van der Waals surface area (Å²) in [6, 6.07) is 9.37. The fraction of sp³-hybridized carbons (Fsp3) is 0.318. The van der Waals surface area contributed by atoms with Crippen LogP contribution in [0.2, 0.25) is 0 Å². The van der Waals surface area contributed by atoms with Crippen LogP contribution in [0.3, 0.4) is 0 Å². The Bertz CT molecular complexity index is 906. The molecular weight excluding hydrogens is 384 g/mol. The van der Waals surface area contributed by atoms with Crippen molar-refractivity contribution in [3.8, 4) is 5.75 Å². The minimum Gasteiger partial charge on any atom is -0.492 e. The zero-order valence-corrected chi connectivity index (χ0v) is 18.7. The molecule has 0 saturated carbocycles. The fourth-order valence-electron chi connectivity index (χ4n) is 2.88. The van der Waals surface area contributed by atoms with Crippen molar-refractivity contribution in [3.63, 3.8) is 0 Å². The Hall–Kier alpha value is -2.64. The van der Waals surface area contributed by atoms with Crippen molar-refractivity contribution in [2.75, 3.05) is 28.4 Å². The van der Waals surface area contributed by atoms with Crippen LogP contribution in [-0.2, 0) is 5.41 Å². The molecule has 0 unspecified atom stereocenters. The van der Waals surface area contributed by atoms with Gasteiger partial charge < -0.3 is 14.8 Å². The summed E-state index contributed by atoms with van der Waals surface area (Å²) < 4.78 is 8.84. The maximum Gasteiger partial charge on any atom is 0.255 e.